The lowest BCUT2D eigenvalue weighted by Gasteiger charge is -2.34. The van der Waals surface area contributed by atoms with Gasteiger partial charge in [0.1, 0.15) is 5.78 Å². The highest BCUT2D eigenvalue weighted by Gasteiger charge is 2.37. The maximum absolute atomic E-state index is 12.0. The van der Waals surface area contributed by atoms with Crippen LogP contribution in [0.4, 0.5) is 4.79 Å². The zero-order valence-corrected chi connectivity index (χ0v) is 14.1. The molecular weight excluding hydrogens is 352 g/mol. The first-order chi connectivity index (χ1) is 10.4. The van der Waals surface area contributed by atoms with Crippen LogP contribution in [0.25, 0.3) is 0 Å². The summed E-state index contributed by atoms with van der Waals surface area (Å²) < 4.78 is 11.2. The molecule has 7 heteroatoms. The molecule has 2 atom stereocenters. The quantitative estimate of drug-likeness (QED) is 0.855. The van der Waals surface area contributed by atoms with Gasteiger partial charge in [-0.3, -0.25) is 4.79 Å². The van der Waals surface area contributed by atoms with E-state index in [1.165, 1.54) is 21.1 Å². The molecule has 22 heavy (non-hydrogen) atoms. The lowest BCUT2D eigenvalue weighted by Crippen LogP contribution is -2.50. The summed E-state index contributed by atoms with van der Waals surface area (Å²) in [6.07, 6.45) is 0. The van der Waals surface area contributed by atoms with Crippen molar-refractivity contribution in [3.8, 4) is 11.5 Å². The van der Waals surface area contributed by atoms with E-state index in [0.29, 0.717) is 27.2 Å². The van der Waals surface area contributed by atoms with Crippen molar-refractivity contribution in [2.24, 2.45) is 5.92 Å². The minimum Gasteiger partial charge on any atom is -0.493 e. The van der Waals surface area contributed by atoms with Crippen LogP contribution in [0, 0.1) is 5.92 Å². The highest BCUT2D eigenvalue weighted by Crippen LogP contribution is 2.40. The number of rotatable bonds is 4. The second-order valence-corrected chi connectivity index (χ2v) is 5.77. The highest BCUT2D eigenvalue weighted by atomic mass is 79.9. The van der Waals surface area contributed by atoms with Crippen LogP contribution in [0.1, 0.15) is 18.5 Å². The minimum atomic E-state index is -0.563. The fourth-order valence-corrected chi connectivity index (χ4v) is 3.10. The van der Waals surface area contributed by atoms with Crippen molar-refractivity contribution in [3.63, 3.8) is 0 Å². The number of urea groups is 1. The number of hydrogen-bond donors (Lipinski definition) is 2. The third-order valence-corrected chi connectivity index (χ3v) is 4.23. The Morgan fingerprint density at radius 1 is 1.27 bits per heavy atom. The molecule has 2 rings (SSSR count). The van der Waals surface area contributed by atoms with Gasteiger partial charge in [0.05, 0.1) is 26.2 Å². The summed E-state index contributed by atoms with van der Waals surface area (Å²) in [6, 6.07) is 2.55. The van der Waals surface area contributed by atoms with Crippen molar-refractivity contribution in [2.45, 2.75) is 13.0 Å². The Balaban J connectivity index is 2.54. The van der Waals surface area contributed by atoms with Crippen molar-refractivity contribution in [3.05, 3.63) is 34.4 Å². The van der Waals surface area contributed by atoms with Gasteiger partial charge < -0.3 is 20.1 Å². The van der Waals surface area contributed by atoms with Crippen LogP contribution in [0.2, 0.25) is 0 Å². The van der Waals surface area contributed by atoms with Crippen molar-refractivity contribution in [1.82, 2.24) is 10.6 Å². The number of benzene rings is 1. The summed E-state index contributed by atoms with van der Waals surface area (Å²) in [5, 5.41) is 5.31. The molecule has 0 spiro atoms. The van der Waals surface area contributed by atoms with E-state index in [-0.39, 0.29) is 5.78 Å². The first kappa shape index (κ1) is 16.4. The molecule has 1 aliphatic heterocycles. The van der Waals surface area contributed by atoms with E-state index in [0.717, 1.165) is 0 Å². The summed E-state index contributed by atoms with van der Waals surface area (Å²) >= 11 is 3.46. The molecule has 118 valence electrons. The second kappa shape index (κ2) is 6.39. The Labute approximate surface area is 137 Å². The maximum atomic E-state index is 12.0. The third kappa shape index (κ3) is 2.94. The fourth-order valence-electron chi connectivity index (χ4n) is 2.53. The first-order valence-electron chi connectivity index (χ1n) is 6.57. The molecule has 1 aliphatic rings. The fraction of sp³-hybridized carbons (Fsp3) is 0.333. The number of hydrogen-bond acceptors (Lipinski definition) is 4. The number of ether oxygens (including phenoxy) is 2. The van der Waals surface area contributed by atoms with Crippen LogP contribution in [-0.4, -0.2) is 26.0 Å². The molecule has 2 amide bonds. The minimum absolute atomic E-state index is 0.0933. The molecule has 1 aromatic rings. The van der Waals surface area contributed by atoms with Crippen LogP contribution < -0.4 is 20.1 Å². The smallest absolute Gasteiger partial charge is 0.319 e. The van der Waals surface area contributed by atoms with Crippen LogP contribution in [-0.2, 0) is 4.79 Å². The van der Waals surface area contributed by atoms with Gasteiger partial charge in [0.2, 0.25) is 0 Å². The average Bonchev–Trinajstić information content (AvgIpc) is 2.45. The van der Waals surface area contributed by atoms with Gasteiger partial charge in [-0.1, -0.05) is 22.5 Å². The topological polar surface area (TPSA) is 76.7 Å². The second-order valence-electron chi connectivity index (χ2n) is 4.92. The normalized spacial score (nSPS) is 20.9. The Morgan fingerprint density at radius 2 is 1.86 bits per heavy atom. The first-order valence-corrected chi connectivity index (χ1v) is 7.36. The standard InChI is InChI=1S/C15H17BrN2O4/c1-7-13(8(2)19)14(18-15(20)17-7)9-5-11(21-3)12(22-4)6-10(9)16/h5-6,13-14H,1H2,2-4H3,(H2,17,18,20)/t13-,14-/m1/s1. The van der Waals surface area contributed by atoms with Gasteiger partial charge in [-0.25, -0.2) is 4.79 Å². The van der Waals surface area contributed by atoms with Crippen molar-refractivity contribution < 1.29 is 19.1 Å². The molecule has 0 saturated carbocycles. The predicted octanol–water partition coefficient (Wildman–Crippen LogP) is 2.54. The third-order valence-electron chi connectivity index (χ3n) is 3.55. The Hall–Kier alpha value is -2.02. The largest absolute Gasteiger partial charge is 0.493 e. The monoisotopic (exact) mass is 368 g/mol. The van der Waals surface area contributed by atoms with Gasteiger partial charge >= 0.3 is 6.03 Å². The Bertz CT molecular complexity index is 645. The van der Waals surface area contributed by atoms with Gasteiger partial charge in [-0.05, 0) is 24.6 Å². The molecule has 0 unspecified atom stereocenters. The van der Waals surface area contributed by atoms with E-state index >= 15 is 0 Å². The number of ketones is 1. The zero-order valence-electron chi connectivity index (χ0n) is 12.5. The molecule has 0 bridgehead atoms. The average molecular weight is 369 g/mol. The van der Waals surface area contributed by atoms with E-state index in [4.69, 9.17) is 9.47 Å². The van der Waals surface area contributed by atoms with E-state index in [1.807, 2.05) is 0 Å². The number of Topliss-reactive ketones (excluding diaryl/α,β-unsaturated/α-hetero) is 1. The van der Waals surface area contributed by atoms with Gasteiger partial charge in [0.25, 0.3) is 0 Å². The van der Waals surface area contributed by atoms with Crippen LogP contribution >= 0.6 is 15.9 Å². The molecule has 0 radical (unpaired) electrons. The molecule has 1 fully saturated rings. The van der Waals surface area contributed by atoms with Crippen molar-refractivity contribution in [2.75, 3.05) is 14.2 Å². The van der Waals surface area contributed by atoms with E-state index in [9.17, 15) is 9.59 Å². The molecule has 0 aliphatic carbocycles. The molecule has 1 saturated heterocycles. The van der Waals surface area contributed by atoms with Crippen LogP contribution in [0.3, 0.4) is 0 Å². The van der Waals surface area contributed by atoms with Crippen LogP contribution in [0.5, 0.6) is 11.5 Å². The highest BCUT2D eigenvalue weighted by molar-refractivity contribution is 9.10. The SMILES string of the molecule is C=C1NC(=O)N[C@H](c2cc(OC)c(OC)cc2Br)[C@H]1C(C)=O. The van der Waals surface area contributed by atoms with Gasteiger partial charge in [-0.2, -0.15) is 0 Å². The van der Waals surface area contributed by atoms with Gasteiger partial charge in [-0.15, -0.1) is 0 Å². The van der Waals surface area contributed by atoms with Gasteiger partial charge in [0.15, 0.2) is 11.5 Å². The summed E-state index contributed by atoms with van der Waals surface area (Å²) in [5.74, 6) is 0.411. The Morgan fingerprint density at radius 3 is 2.41 bits per heavy atom. The molecule has 2 N–H and O–H groups in total. The van der Waals surface area contributed by atoms with E-state index in [1.54, 1.807) is 12.1 Å². The van der Waals surface area contributed by atoms with Gasteiger partial charge in [0, 0.05) is 10.2 Å². The summed E-state index contributed by atoms with van der Waals surface area (Å²) in [5.41, 5.74) is 1.09. The molecular formula is C15H17BrN2O4. The Kier molecular flexibility index (Phi) is 4.75. The van der Waals surface area contributed by atoms with Crippen molar-refractivity contribution >= 4 is 27.7 Å². The summed E-state index contributed by atoms with van der Waals surface area (Å²) in [6.45, 7) is 5.25. The summed E-state index contributed by atoms with van der Waals surface area (Å²) in [4.78, 5) is 23.7. The van der Waals surface area contributed by atoms with E-state index in [2.05, 4.69) is 33.1 Å². The zero-order chi connectivity index (χ0) is 16.4. The number of carbonyl (C=O) groups is 2. The lowest BCUT2D eigenvalue weighted by atomic mass is 9.86. The maximum Gasteiger partial charge on any atom is 0.319 e. The molecule has 1 heterocycles. The summed E-state index contributed by atoms with van der Waals surface area (Å²) in [7, 11) is 3.06. The van der Waals surface area contributed by atoms with Crippen LogP contribution in [0.15, 0.2) is 28.9 Å². The predicted molar refractivity (Wildman–Crippen MR) is 85.0 cm³/mol. The number of amides is 2. The van der Waals surface area contributed by atoms with Crippen molar-refractivity contribution in [1.29, 1.82) is 0 Å². The molecule has 1 aromatic carbocycles. The lowest BCUT2D eigenvalue weighted by molar-refractivity contribution is -0.120. The number of halogens is 1. The van der Waals surface area contributed by atoms with E-state index < -0.39 is 18.0 Å². The number of nitrogens with one attached hydrogen (secondary N) is 2. The number of methoxy groups -OCH3 is 2. The number of carbonyl (C=O) groups excluding carboxylic acids is 2. The molecule has 6 nitrogen and oxygen atoms in total. The molecule has 0 aromatic heterocycles.